The van der Waals surface area contributed by atoms with Crippen LogP contribution in [0, 0.1) is 17.8 Å². The third kappa shape index (κ3) is 5.61. The molecule has 4 heteroatoms. The molecule has 0 aromatic rings. The first-order chi connectivity index (χ1) is 8.38. The van der Waals surface area contributed by atoms with Crippen LogP contribution in [-0.4, -0.2) is 43.5 Å². The van der Waals surface area contributed by atoms with Crippen LogP contribution in [0.25, 0.3) is 0 Å². The second-order valence-electron chi connectivity index (χ2n) is 6.35. The number of hydrogen-bond donors (Lipinski definition) is 1. The molecule has 0 aliphatic carbocycles. The van der Waals surface area contributed by atoms with Gasteiger partial charge in [-0.15, -0.1) is 0 Å². The van der Waals surface area contributed by atoms with Crippen molar-refractivity contribution in [1.29, 1.82) is 0 Å². The third-order valence-electron chi connectivity index (χ3n) is 3.69. The van der Waals surface area contributed by atoms with Gasteiger partial charge in [-0.25, -0.2) is 8.78 Å². The fourth-order valence-electron chi connectivity index (χ4n) is 2.78. The second kappa shape index (κ2) is 7.39. The van der Waals surface area contributed by atoms with Gasteiger partial charge in [-0.05, 0) is 24.2 Å². The molecule has 0 aromatic heterocycles. The minimum absolute atomic E-state index is 0.176. The van der Waals surface area contributed by atoms with Crippen LogP contribution in [0.3, 0.4) is 0 Å². The normalized spacial score (nSPS) is 26.5. The molecule has 1 fully saturated rings. The fraction of sp³-hybridized carbons (Fsp3) is 1.00. The molecule has 1 N–H and O–H groups in total. The zero-order chi connectivity index (χ0) is 13.7. The van der Waals surface area contributed by atoms with Gasteiger partial charge in [0.05, 0.1) is 6.54 Å². The van der Waals surface area contributed by atoms with E-state index in [0.29, 0.717) is 17.8 Å². The molecule has 1 saturated heterocycles. The van der Waals surface area contributed by atoms with Crippen LogP contribution in [-0.2, 0) is 0 Å². The minimum Gasteiger partial charge on any atom is -0.307 e. The summed E-state index contributed by atoms with van der Waals surface area (Å²) in [7, 11) is 0. The zero-order valence-corrected chi connectivity index (χ0v) is 12.1. The maximum atomic E-state index is 12.3. The van der Waals surface area contributed by atoms with Crippen molar-refractivity contribution in [3.63, 3.8) is 0 Å². The van der Waals surface area contributed by atoms with Crippen LogP contribution in [0.2, 0.25) is 0 Å². The van der Waals surface area contributed by atoms with Gasteiger partial charge in [0, 0.05) is 25.7 Å². The molecule has 0 aromatic carbocycles. The van der Waals surface area contributed by atoms with Crippen molar-refractivity contribution in [3.8, 4) is 0 Å². The molecule has 2 atom stereocenters. The largest absolute Gasteiger partial charge is 0.307 e. The highest BCUT2D eigenvalue weighted by molar-refractivity contribution is 4.85. The first kappa shape index (κ1) is 15.8. The topological polar surface area (TPSA) is 15.3 Å². The molecule has 18 heavy (non-hydrogen) atoms. The van der Waals surface area contributed by atoms with Crippen LogP contribution in [0.5, 0.6) is 0 Å². The quantitative estimate of drug-likeness (QED) is 0.792. The van der Waals surface area contributed by atoms with Crippen molar-refractivity contribution >= 4 is 0 Å². The molecule has 0 saturated carbocycles. The van der Waals surface area contributed by atoms with Gasteiger partial charge in [0.2, 0.25) is 0 Å². The van der Waals surface area contributed by atoms with E-state index in [4.69, 9.17) is 0 Å². The number of nitrogens with one attached hydrogen (secondary N) is 1. The summed E-state index contributed by atoms with van der Waals surface area (Å²) in [6.45, 7) is 11.8. The SMILES string of the molecule is CC(C)CN1CC(NCC(F)F)CC(C(C)C)C1. The Balaban J connectivity index is 2.51. The van der Waals surface area contributed by atoms with Gasteiger partial charge in [-0.2, -0.15) is 0 Å². The Hall–Kier alpha value is -0.220. The van der Waals surface area contributed by atoms with Crippen molar-refractivity contribution < 1.29 is 8.78 Å². The first-order valence-electron chi connectivity index (χ1n) is 7.12. The maximum absolute atomic E-state index is 12.3. The van der Waals surface area contributed by atoms with Crippen LogP contribution in [0.1, 0.15) is 34.1 Å². The summed E-state index contributed by atoms with van der Waals surface area (Å²) in [6, 6.07) is 0.221. The summed E-state index contributed by atoms with van der Waals surface area (Å²) in [5.41, 5.74) is 0. The van der Waals surface area contributed by atoms with Crippen molar-refractivity contribution in [2.24, 2.45) is 17.8 Å². The molecule has 0 amide bonds. The van der Waals surface area contributed by atoms with Crippen LogP contribution in [0.4, 0.5) is 8.78 Å². The Morgan fingerprint density at radius 1 is 1.17 bits per heavy atom. The second-order valence-corrected chi connectivity index (χ2v) is 6.35. The van der Waals surface area contributed by atoms with E-state index in [1.807, 2.05) is 0 Å². The van der Waals surface area contributed by atoms with Gasteiger partial charge in [0.1, 0.15) is 0 Å². The lowest BCUT2D eigenvalue weighted by atomic mass is 9.85. The monoisotopic (exact) mass is 262 g/mol. The molecule has 108 valence electrons. The molecule has 0 bridgehead atoms. The van der Waals surface area contributed by atoms with E-state index in [-0.39, 0.29) is 12.6 Å². The number of piperidine rings is 1. The summed E-state index contributed by atoms with van der Waals surface area (Å²) >= 11 is 0. The van der Waals surface area contributed by atoms with E-state index < -0.39 is 6.43 Å². The number of nitrogens with zero attached hydrogens (tertiary/aromatic N) is 1. The Bertz CT molecular complexity index is 232. The minimum atomic E-state index is -2.25. The van der Waals surface area contributed by atoms with E-state index in [2.05, 4.69) is 37.9 Å². The molecule has 1 aliphatic heterocycles. The molecule has 0 spiro atoms. The van der Waals surface area contributed by atoms with Gasteiger partial charge in [-0.1, -0.05) is 27.7 Å². The van der Waals surface area contributed by atoms with Crippen LogP contribution >= 0.6 is 0 Å². The lowest BCUT2D eigenvalue weighted by molar-refractivity contribution is 0.0885. The number of halogens is 2. The van der Waals surface area contributed by atoms with Crippen molar-refractivity contribution in [1.82, 2.24) is 10.2 Å². The summed E-state index contributed by atoms with van der Waals surface area (Å²) in [6.07, 6.45) is -1.22. The molecular weight excluding hydrogens is 234 g/mol. The van der Waals surface area contributed by atoms with Gasteiger partial charge in [-0.3, -0.25) is 0 Å². The van der Waals surface area contributed by atoms with E-state index in [1.54, 1.807) is 0 Å². The number of likely N-dealkylation sites (tertiary alicyclic amines) is 1. The van der Waals surface area contributed by atoms with Crippen molar-refractivity contribution in [2.75, 3.05) is 26.2 Å². The molecule has 2 nitrogen and oxygen atoms in total. The highest BCUT2D eigenvalue weighted by atomic mass is 19.3. The lowest BCUT2D eigenvalue weighted by Gasteiger charge is -2.40. The number of hydrogen-bond acceptors (Lipinski definition) is 2. The highest BCUT2D eigenvalue weighted by Gasteiger charge is 2.29. The zero-order valence-electron chi connectivity index (χ0n) is 12.1. The fourth-order valence-corrected chi connectivity index (χ4v) is 2.78. The smallest absolute Gasteiger partial charge is 0.250 e. The van der Waals surface area contributed by atoms with Crippen molar-refractivity contribution in [3.05, 3.63) is 0 Å². The Morgan fingerprint density at radius 3 is 2.33 bits per heavy atom. The highest BCUT2D eigenvalue weighted by Crippen LogP contribution is 2.24. The van der Waals surface area contributed by atoms with Gasteiger partial charge >= 0.3 is 0 Å². The molecule has 1 heterocycles. The Labute approximate surface area is 110 Å². The van der Waals surface area contributed by atoms with Gasteiger partial charge in [0.15, 0.2) is 0 Å². The van der Waals surface area contributed by atoms with E-state index in [1.165, 1.54) is 0 Å². The molecular formula is C14H28F2N2. The Kier molecular flexibility index (Phi) is 6.50. The maximum Gasteiger partial charge on any atom is 0.250 e. The molecule has 1 rings (SSSR count). The van der Waals surface area contributed by atoms with Crippen molar-refractivity contribution in [2.45, 2.75) is 46.6 Å². The Morgan fingerprint density at radius 2 is 1.83 bits per heavy atom. The average molecular weight is 262 g/mol. The predicted molar refractivity (Wildman–Crippen MR) is 72.0 cm³/mol. The predicted octanol–water partition coefficient (Wildman–Crippen LogP) is 2.84. The summed E-state index contributed by atoms with van der Waals surface area (Å²) in [5.74, 6) is 1.87. The van der Waals surface area contributed by atoms with E-state index in [0.717, 1.165) is 26.1 Å². The summed E-state index contributed by atoms with van der Waals surface area (Å²) in [5, 5.41) is 3.02. The first-order valence-corrected chi connectivity index (χ1v) is 7.12. The summed E-state index contributed by atoms with van der Waals surface area (Å²) in [4.78, 5) is 2.43. The number of rotatable bonds is 6. The molecule has 1 aliphatic rings. The van der Waals surface area contributed by atoms with Gasteiger partial charge in [0.25, 0.3) is 6.43 Å². The van der Waals surface area contributed by atoms with Crippen LogP contribution in [0.15, 0.2) is 0 Å². The van der Waals surface area contributed by atoms with Gasteiger partial charge < -0.3 is 10.2 Å². The average Bonchev–Trinajstić information content (AvgIpc) is 2.25. The standard InChI is InChI=1S/C14H28F2N2/c1-10(2)7-18-8-12(11(3)4)5-13(9-18)17-6-14(15)16/h10-14,17H,5-9H2,1-4H3. The lowest BCUT2D eigenvalue weighted by Crippen LogP contribution is -2.51. The molecule has 0 radical (unpaired) electrons. The van der Waals surface area contributed by atoms with E-state index in [9.17, 15) is 8.78 Å². The third-order valence-corrected chi connectivity index (χ3v) is 3.69. The van der Waals surface area contributed by atoms with E-state index >= 15 is 0 Å². The summed E-state index contributed by atoms with van der Waals surface area (Å²) < 4.78 is 24.6. The van der Waals surface area contributed by atoms with Crippen LogP contribution < -0.4 is 5.32 Å². The number of alkyl halides is 2. The molecule has 2 unspecified atom stereocenters.